The number of nitriles is 1. The van der Waals surface area contributed by atoms with Crippen LogP contribution >= 0.6 is 0 Å². The zero-order valence-electron chi connectivity index (χ0n) is 10.3. The van der Waals surface area contributed by atoms with Crippen molar-refractivity contribution in [2.24, 2.45) is 5.92 Å². The van der Waals surface area contributed by atoms with Crippen LogP contribution in [0.2, 0.25) is 0 Å². The predicted molar refractivity (Wildman–Crippen MR) is 68.6 cm³/mol. The fraction of sp³-hybridized carbons (Fsp3) is 0.571. The van der Waals surface area contributed by atoms with Crippen LogP contribution in [0.1, 0.15) is 44.6 Å². The van der Waals surface area contributed by atoms with Crippen molar-refractivity contribution in [2.75, 3.05) is 5.32 Å². The first-order valence-electron chi connectivity index (χ1n) is 6.42. The van der Waals surface area contributed by atoms with Gasteiger partial charge in [-0.05, 0) is 31.7 Å². The van der Waals surface area contributed by atoms with Crippen LogP contribution in [0.5, 0.6) is 0 Å². The van der Waals surface area contributed by atoms with Crippen LogP contribution in [0.15, 0.2) is 18.5 Å². The molecule has 1 saturated carbocycles. The molecular formula is C14H19N3. The van der Waals surface area contributed by atoms with Crippen LogP contribution in [-0.4, -0.2) is 11.0 Å². The summed E-state index contributed by atoms with van der Waals surface area (Å²) in [6.45, 7) is 2.21. The van der Waals surface area contributed by atoms with Crippen molar-refractivity contribution in [1.82, 2.24) is 4.98 Å². The summed E-state index contributed by atoms with van der Waals surface area (Å²) in [5, 5.41) is 12.5. The number of anilines is 1. The zero-order valence-corrected chi connectivity index (χ0v) is 10.3. The van der Waals surface area contributed by atoms with E-state index in [-0.39, 0.29) is 0 Å². The second-order valence-corrected chi connectivity index (χ2v) is 4.86. The number of nitrogens with one attached hydrogen (secondary N) is 1. The summed E-state index contributed by atoms with van der Waals surface area (Å²) in [5.74, 6) is 0.732. The Balaban J connectivity index is 2.02. The van der Waals surface area contributed by atoms with Gasteiger partial charge in [-0.15, -0.1) is 0 Å². The van der Waals surface area contributed by atoms with Gasteiger partial charge in [0.25, 0.3) is 0 Å². The molecule has 0 bridgehead atoms. The number of hydrogen-bond acceptors (Lipinski definition) is 3. The Kier molecular flexibility index (Phi) is 3.98. The molecule has 0 saturated heterocycles. The van der Waals surface area contributed by atoms with Crippen LogP contribution in [-0.2, 0) is 0 Å². The Morgan fingerprint density at radius 3 is 2.88 bits per heavy atom. The molecule has 3 nitrogen and oxygen atoms in total. The summed E-state index contributed by atoms with van der Waals surface area (Å²) < 4.78 is 0. The summed E-state index contributed by atoms with van der Waals surface area (Å²) in [5.41, 5.74) is 1.55. The number of rotatable bonds is 3. The molecule has 1 heterocycles. The van der Waals surface area contributed by atoms with Crippen molar-refractivity contribution in [3.8, 4) is 6.07 Å². The fourth-order valence-corrected chi connectivity index (χ4v) is 2.60. The molecule has 0 aromatic carbocycles. The fourth-order valence-electron chi connectivity index (χ4n) is 2.60. The number of hydrogen-bond donors (Lipinski definition) is 1. The third-order valence-electron chi connectivity index (χ3n) is 3.68. The van der Waals surface area contributed by atoms with Crippen molar-refractivity contribution in [3.05, 3.63) is 24.0 Å². The third-order valence-corrected chi connectivity index (χ3v) is 3.68. The minimum atomic E-state index is 0.423. The largest absolute Gasteiger partial charge is 0.380 e. The van der Waals surface area contributed by atoms with Crippen molar-refractivity contribution in [1.29, 1.82) is 5.26 Å². The lowest BCUT2D eigenvalue weighted by molar-refractivity contribution is 0.328. The Labute approximate surface area is 103 Å². The Bertz CT molecular complexity index is 402. The van der Waals surface area contributed by atoms with Crippen molar-refractivity contribution in [2.45, 2.75) is 45.1 Å². The predicted octanol–water partition coefficient (Wildman–Crippen LogP) is 3.33. The van der Waals surface area contributed by atoms with Gasteiger partial charge in [-0.3, -0.25) is 4.98 Å². The number of nitrogens with zero attached hydrogens (tertiary/aromatic N) is 2. The second-order valence-electron chi connectivity index (χ2n) is 4.86. The molecule has 1 aliphatic carbocycles. The maximum Gasteiger partial charge on any atom is 0.101 e. The highest BCUT2D eigenvalue weighted by Gasteiger charge is 2.20. The molecule has 0 spiro atoms. The van der Waals surface area contributed by atoms with E-state index < -0.39 is 0 Å². The molecule has 1 atom stereocenters. The van der Waals surface area contributed by atoms with E-state index in [2.05, 4.69) is 23.3 Å². The summed E-state index contributed by atoms with van der Waals surface area (Å²) in [6, 6.07) is 4.38. The monoisotopic (exact) mass is 229 g/mol. The van der Waals surface area contributed by atoms with E-state index in [1.165, 1.54) is 32.1 Å². The minimum Gasteiger partial charge on any atom is -0.380 e. The second kappa shape index (κ2) is 5.67. The SMILES string of the molecule is CC(Nc1cnccc1C#N)C1CCCCC1. The van der Waals surface area contributed by atoms with Crippen LogP contribution in [0.4, 0.5) is 5.69 Å². The van der Waals surface area contributed by atoms with Gasteiger partial charge in [0, 0.05) is 12.2 Å². The molecule has 1 fully saturated rings. The van der Waals surface area contributed by atoms with Crippen LogP contribution in [0.3, 0.4) is 0 Å². The highest BCUT2D eigenvalue weighted by molar-refractivity contribution is 5.55. The first-order chi connectivity index (χ1) is 8.31. The first kappa shape index (κ1) is 11.9. The van der Waals surface area contributed by atoms with Crippen molar-refractivity contribution in [3.63, 3.8) is 0 Å². The molecule has 3 heteroatoms. The Morgan fingerprint density at radius 1 is 1.41 bits per heavy atom. The van der Waals surface area contributed by atoms with Crippen LogP contribution in [0.25, 0.3) is 0 Å². The molecule has 90 valence electrons. The average Bonchev–Trinajstić information content (AvgIpc) is 2.40. The molecule has 1 aromatic rings. The van der Waals surface area contributed by atoms with Crippen molar-refractivity contribution < 1.29 is 0 Å². The molecule has 1 aromatic heterocycles. The molecule has 2 rings (SSSR count). The molecule has 0 aliphatic heterocycles. The molecule has 0 amide bonds. The molecule has 1 N–H and O–H groups in total. The van der Waals surface area contributed by atoms with Gasteiger partial charge in [-0.25, -0.2) is 0 Å². The summed E-state index contributed by atoms with van der Waals surface area (Å²) in [4.78, 5) is 4.08. The maximum absolute atomic E-state index is 9.02. The van der Waals surface area contributed by atoms with Crippen LogP contribution in [0, 0.1) is 17.2 Å². The van der Waals surface area contributed by atoms with Gasteiger partial charge >= 0.3 is 0 Å². The lowest BCUT2D eigenvalue weighted by Crippen LogP contribution is -2.28. The van der Waals surface area contributed by atoms with Gasteiger partial charge in [0.1, 0.15) is 6.07 Å². The van der Waals surface area contributed by atoms with Gasteiger partial charge in [0.05, 0.1) is 17.4 Å². The first-order valence-corrected chi connectivity index (χ1v) is 6.42. The maximum atomic E-state index is 9.02. The van der Waals surface area contributed by atoms with E-state index in [4.69, 9.17) is 5.26 Å². The topological polar surface area (TPSA) is 48.7 Å². The molecule has 0 radical (unpaired) electrons. The van der Waals surface area contributed by atoms with Crippen LogP contribution < -0.4 is 5.32 Å². The molecule has 17 heavy (non-hydrogen) atoms. The van der Waals surface area contributed by atoms with Gasteiger partial charge in [0.2, 0.25) is 0 Å². The van der Waals surface area contributed by atoms with E-state index in [0.717, 1.165) is 11.6 Å². The highest BCUT2D eigenvalue weighted by atomic mass is 14.9. The van der Waals surface area contributed by atoms with Gasteiger partial charge in [0.15, 0.2) is 0 Å². The lowest BCUT2D eigenvalue weighted by atomic mass is 9.84. The normalized spacial score (nSPS) is 18.4. The summed E-state index contributed by atoms with van der Waals surface area (Å²) >= 11 is 0. The van der Waals surface area contributed by atoms with Gasteiger partial charge in [-0.1, -0.05) is 19.3 Å². The zero-order chi connectivity index (χ0) is 12.1. The number of pyridine rings is 1. The summed E-state index contributed by atoms with van der Waals surface area (Å²) in [7, 11) is 0. The third kappa shape index (κ3) is 2.97. The van der Waals surface area contributed by atoms with E-state index in [1.54, 1.807) is 18.5 Å². The smallest absolute Gasteiger partial charge is 0.101 e. The lowest BCUT2D eigenvalue weighted by Gasteiger charge is -2.29. The summed E-state index contributed by atoms with van der Waals surface area (Å²) in [6.07, 6.45) is 10.1. The van der Waals surface area contributed by atoms with E-state index in [9.17, 15) is 0 Å². The van der Waals surface area contributed by atoms with E-state index >= 15 is 0 Å². The van der Waals surface area contributed by atoms with E-state index in [1.807, 2.05) is 0 Å². The average molecular weight is 229 g/mol. The number of aromatic nitrogens is 1. The molecule has 1 unspecified atom stereocenters. The Hall–Kier alpha value is -1.56. The van der Waals surface area contributed by atoms with Gasteiger partial charge < -0.3 is 5.32 Å². The van der Waals surface area contributed by atoms with Gasteiger partial charge in [-0.2, -0.15) is 5.26 Å². The molecule has 1 aliphatic rings. The standard InChI is InChI=1S/C14H19N3/c1-11(12-5-3-2-4-6-12)17-14-10-16-8-7-13(14)9-15/h7-8,10-12,17H,2-6H2,1H3. The quantitative estimate of drug-likeness (QED) is 0.864. The van der Waals surface area contributed by atoms with Crippen molar-refractivity contribution >= 4 is 5.69 Å². The van der Waals surface area contributed by atoms with E-state index in [0.29, 0.717) is 11.6 Å². The Morgan fingerprint density at radius 2 is 2.18 bits per heavy atom. The molecular weight excluding hydrogens is 210 g/mol. The highest BCUT2D eigenvalue weighted by Crippen LogP contribution is 2.28. The minimum absolute atomic E-state index is 0.423.